The molecule has 0 N–H and O–H groups in total. The topological polar surface area (TPSA) is 73.4 Å². The fourth-order valence-corrected chi connectivity index (χ4v) is 24.7. The summed E-state index contributed by atoms with van der Waals surface area (Å²) in [7, 11) is 0. The number of benzene rings is 22. The Bertz CT molecular complexity index is 10200. The molecule has 0 amide bonds. The Morgan fingerprint density at radius 3 is 1.17 bits per heavy atom. The number of furan rings is 3. The molecule has 0 saturated carbocycles. The van der Waals surface area contributed by atoms with E-state index in [9.17, 15) is 0 Å². The van der Waals surface area contributed by atoms with E-state index in [4.69, 9.17) is 13.3 Å². The lowest BCUT2D eigenvalue weighted by Gasteiger charge is -2.26. The van der Waals surface area contributed by atoms with Crippen molar-refractivity contribution < 1.29 is 13.3 Å². The minimum Gasteiger partial charge on any atom is -0.455 e. The van der Waals surface area contributed by atoms with Crippen LogP contribution in [-0.4, -0.2) is 14.5 Å². The summed E-state index contributed by atoms with van der Waals surface area (Å²) in [4.78, 5) is 11.0. The van der Waals surface area contributed by atoms with Gasteiger partial charge in [-0.1, -0.05) is 322 Å². The van der Waals surface area contributed by atoms with Gasteiger partial charge in [-0.05, 0) is 254 Å². The predicted molar refractivity (Wildman–Crippen MR) is 597 cm³/mol. The van der Waals surface area contributed by atoms with Crippen LogP contribution in [0.3, 0.4) is 0 Å². The van der Waals surface area contributed by atoms with Gasteiger partial charge in [0.1, 0.15) is 33.5 Å². The van der Waals surface area contributed by atoms with Crippen molar-refractivity contribution in [3.05, 3.63) is 485 Å². The van der Waals surface area contributed by atoms with Gasteiger partial charge in [0.25, 0.3) is 0 Å². The lowest BCUT2D eigenvalue weighted by molar-refractivity contribution is 0.672. The third kappa shape index (κ3) is 13.2. The van der Waals surface area contributed by atoms with Crippen molar-refractivity contribution in [2.75, 3.05) is 4.90 Å². The zero-order valence-corrected chi connectivity index (χ0v) is 77.7. The second kappa shape index (κ2) is 33.4. The van der Waals surface area contributed by atoms with Gasteiger partial charge in [-0.3, -0.25) is 9.97 Å². The molecule has 8 heterocycles. The SMILES string of the molecule is c1ccc(-n2c3ccccc3c3cc(-c4c(-c5csc6ccccc56)c5ccc6c7ccccc7oc6c5c5ccccc45)ccc32)cc1.c1ccc(N(c2ccccc2)c2ccc(-c3c(-c4ccncc4)c4ccccc4c4c3ccc3c5ccccc5oc34)cc2)cc1.c1cncc(-c2ccc(-c3c(-c4cccc5c4sc4ccccc45)c4ccc5c6ccccc6oc5c4c4ccccc34)cc2)c1. The lowest BCUT2D eigenvalue weighted by atomic mass is 9.84. The Morgan fingerprint density at radius 2 is 0.617 bits per heavy atom. The van der Waals surface area contributed by atoms with Crippen LogP contribution in [0.5, 0.6) is 0 Å². The van der Waals surface area contributed by atoms with Crippen LogP contribution in [0.25, 0.3) is 266 Å². The van der Waals surface area contributed by atoms with Gasteiger partial charge >= 0.3 is 0 Å². The number of hydrogen-bond donors (Lipinski definition) is 0. The highest BCUT2D eigenvalue weighted by atomic mass is 32.1. The number of nitrogens with zero attached hydrogens (tertiary/aromatic N) is 4. The third-order valence-corrected chi connectivity index (χ3v) is 30.8. The number of fused-ring (bicyclic) bond motifs is 28. The van der Waals surface area contributed by atoms with Crippen molar-refractivity contribution in [1.29, 1.82) is 0 Å². The number of anilines is 3. The summed E-state index contributed by atoms with van der Waals surface area (Å²) in [5.41, 5.74) is 29.2. The Hall–Kier alpha value is -18.1. The largest absolute Gasteiger partial charge is 0.455 e. The molecule has 0 fully saturated rings. The van der Waals surface area contributed by atoms with Crippen LogP contribution in [0.4, 0.5) is 17.1 Å². The average molecular weight is 1830 g/mol. The van der Waals surface area contributed by atoms with Crippen LogP contribution in [0.2, 0.25) is 0 Å². The summed E-state index contributed by atoms with van der Waals surface area (Å²) >= 11 is 3.69. The molecule has 8 aromatic heterocycles. The van der Waals surface area contributed by atoms with Crippen molar-refractivity contribution in [2.45, 2.75) is 0 Å². The van der Waals surface area contributed by atoms with Crippen LogP contribution in [0.15, 0.2) is 498 Å². The van der Waals surface area contributed by atoms with E-state index >= 15 is 0 Å². The molecule has 658 valence electrons. The van der Waals surface area contributed by atoms with E-state index < -0.39 is 0 Å². The van der Waals surface area contributed by atoms with Crippen LogP contribution < -0.4 is 4.90 Å². The molecule has 0 aliphatic heterocycles. The van der Waals surface area contributed by atoms with E-state index in [1.165, 1.54) is 156 Å². The molecule has 0 radical (unpaired) electrons. The highest BCUT2D eigenvalue weighted by molar-refractivity contribution is 7.26. The first-order valence-corrected chi connectivity index (χ1v) is 49.5. The molecular formula is C132H80N4O3S2. The number of rotatable bonds is 11. The van der Waals surface area contributed by atoms with Crippen molar-refractivity contribution in [2.24, 2.45) is 0 Å². The maximum atomic E-state index is 6.73. The van der Waals surface area contributed by atoms with E-state index in [-0.39, 0.29) is 0 Å². The molecule has 141 heavy (non-hydrogen) atoms. The molecule has 22 aromatic carbocycles. The molecule has 0 bridgehead atoms. The number of pyridine rings is 2. The smallest absolute Gasteiger partial charge is 0.143 e. The molecular weight excluding hydrogens is 1750 g/mol. The van der Waals surface area contributed by atoms with E-state index in [0.717, 1.165) is 127 Å². The molecule has 30 aromatic rings. The van der Waals surface area contributed by atoms with Crippen molar-refractivity contribution in [3.63, 3.8) is 0 Å². The summed E-state index contributed by atoms with van der Waals surface area (Å²) in [6.45, 7) is 0. The van der Waals surface area contributed by atoms with Gasteiger partial charge in [-0.15, -0.1) is 22.7 Å². The molecule has 9 heteroatoms. The third-order valence-electron chi connectivity index (χ3n) is 28.6. The highest BCUT2D eigenvalue weighted by Crippen LogP contribution is 2.56. The molecule has 0 aliphatic rings. The molecule has 7 nitrogen and oxygen atoms in total. The van der Waals surface area contributed by atoms with Gasteiger partial charge in [-0.2, -0.15) is 0 Å². The van der Waals surface area contributed by atoms with Gasteiger partial charge in [0.05, 0.1) is 11.0 Å². The van der Waals surface area contributed by atoms with Gasteiger partial charge in [0, 0.05) is 148 Å². The number of aromatic nitrogens is 3. The molecule has 0 aliphatic carbocycles. The van der Waals surface area contributed by atoms with E-state index in [2.05, 4.69) is 462 Å². The zero-order valence-electron chi connectivity index (χ0n) is 76.0. The first-order valence-electron chi connectivity index (χ1n) is 47.8. The van der Waals surface area contributed by atoms with E-state index in [1.807, 2.05) is 65.7 Å². The first-order chi connectivity index (χ1) is 70.0. The van der Waals surface area contributed by atoms with Gasteiger partial charge in [-0.25, -0.2) is 0 Å². The van der Waals surface area contributed by atoms with Crippen LogP contribution in [-0.2, 0) is 0 Å². The fraction of sp³-hybridized carbons (Fsp3) is 0. The van der Waals surface area contributed by atoms with E-state index in [0.29, 0.717) is 0 Å². The average Bonchev–Trinajstić information content (AvgIpc) is 1.74. The van der Waals surface area contributed by atoms with Crippen LogP contribution >= 0.6 is 22.7 Å². The summed E-state index contributed by atoms with van der Waals surface area (Å²) in [6.07, 6.45) is 7.49. The molecule has 0 saturated heterocycles. The minimum absolute atomic E-state index is 0.903. The number of para-hydroxylation sites is 7. The molecule has 0 spiro atoms. The van der Waals surface area contributed by atoms with Crippen molar-refractivity contribution >= 4 is 222 Å². The minimum atomic E-state index is 0.903. The Labute approximate surface area is 817 Å². The monoisotopic (exact) mass is 1830 g/mol. The zero-order chi connectivity index (χ0) is 92.7. The maximum Gasteiger partial charge on any atom is 0.143 e. The van der Waals surface area contributed by atoms with E-state index in [1.54, 1.807) is 0 Å². The highest BCUT2D eigenvalue weighted by Gasteiger charge is 2.29. The standard InChI is InChI=1S/C46H27NOS.C43H28N2O.C43H25NOS/c1-2-12-29(13-3-1)47-39-19-9-6-14-30(39)37-26-28(22-25-40(37)47)43-33-17-4-5-18-34(33)45-36(44(43)38-27-49-42-21-11-8-16-32(38)42)24-23-35-31-15-7-10-20-41(31)48-46(35)45;1-3-11-31(12-4-1)45(32-13-5-2-6-14-32)33-21-19-29(20-22-33)41-38-24-23-37-34-15-9-10-18-39(34)46-43(37)42(38)36-17-8-7-16-35(36)40(41)30-25-27-44-28-26-30;1-2-13-32-31(12-1)39(27-20-18-26(19-21-27)28-9-8-24-44-25-28)40(36-15-7-14-34-30-11-4-6-17-38(30)46-43(34)36)35-23-22-33-29-10-3-5-16-37(29)45-42(33)41(32)35/h1-27H;1-28H;1-25H. The summed E-state index contributed by atoms with van der Waals surface area (Å²) in [5.74, 6) is 0. The number of hydrogen-bond acceptors (Lipinski definition) is 8. The van der Waals surface area contributed by atoms with Gasteiger partial charge in [0.15, 0.2) is 0 Å². The van der Waals surface area contributed by atoms with Gasteiger partial charge in [0.2, 0.25) is 0 Å². The summed E-state index contributed by atoms with van der Waals surface area (Å²) < 4.78 is 26.4. The van der Waals surface area contributed by atoms with Crippen molar-refractivity contribution in [1.82, 2.24) is 14.5 Å². The Morgan fingerprint density at radius 1 is 0.220 bits per heavy atom. The molecule has 0 unspecified atom stereocenters. The van der Waals surface area contributed by atoms with Gasteiger partial charge < -0.3 is 22.7 Å². The summed E-state index contributed by atoms with van der Waals surface area (Å²) in [6, 6.07) is 163. The maximum absolute atomic E-state index is 6.73. The van der Waals surface area contributed by atoms with Crippen molar-refractivity contribution in [3.8, 4) is 83.6 Å². The van der Waals surface area contributed by atoms with Crippen LogP contribution in [0, 0.1) is 0 Å². The second-order valence-electron chi connectivity index (χ2n) is 36.2. The quantitative estimate of drug-likeness (QED) is 0.120. The molecule has 30 rings (SSSR count). The van der Waals surface area contributed by atoms with Crippen LogP contribution in [0.1, 0.15) is 0 Å². The lowest BCUT2D eigenvalue weighted by Crippen LogP contribution is -2.09. The number of thiophene rings is 2. The predicted octanol–water partition coefficient (Wildman–Crippen LogP) is 38.3. The second-order valence-corrected chi connectivity index (χ2v) is 38.2. The first kappa shape index (κ1) is 81.3. The summed E-state index contributed by atoms with van der Waals surface area (Å²) in [5, 5.41) is 29.8. The fourth-order valence-electron chi connectivity index (χ4n) is 22.5. The molecule has 0 atom stereocenters. The Balaban J connectivity index is 0.000000104. The normalized spacial score (nSPS) is 11.8. The Kier molecular flexibility index (Phi) is 19.3.